The molecule has 2 fully saturated rings. The summed E-state index contributed by atoms with van der Waals surface area (Å²) >= 11 is 0. The highest BCUT2D eigenvalue weighted by molar-refractivity contribution is 5.98. The molecule has 2 heterocycles. The lowest BCUT2D eigenvalue weighted by Crippen LogP contribution is -2.25. The third kappa shape index (κ3) is 1.77. The molecule has 3 N–H and O–H groups in total. The van der Waals surface area contributed by atoms with Crippen LogP contribution in [-0.2, 0) is 0 Å². The first-order chi connectivity index (χ1) is 8.25. The second-order valence-corrected chi connectivity index (χ2v) is 5.14. The van der Waals surface area contributed by atoms with Gasteiger partial charge in [-0.15, -0.1) is 0 Å². The Labute approximate surface area is 101 Å². The normalized spacial score (nSPS) is 27.2. The Kier molecular flexibility index (Phi) is 2.50. The number of rotatable bonds is 2. The Balaban J connectivity index is 1.88. The van der Waals surface area contributed by atoms with Crippen molar-refractivity contribution in [3.63, 3.8) is 0 Å². The predicted octanol–water partition coefficient (Wildman–Crippen LogP) is 1.60. The van der Waals surface area contributed by atoms with Gasteiger partial charge in [0.2, 0.25) is 0 Å². The summed E-state index contributed by atoms with van der Waals surface area (Å²) in [6.45, 7) is 2.22. The molecule has 0 amide bonds. The van der Waals surface area contributed by atoms with Gasteiger partial charge in [-0.05, 0) is 36.8 Å². The maximum absolute atomic E-state index is 7.59. The van der Waals surface area contributed by atoms with Crippen LogP contribution in [0.5, 0.6) is 0 Å². The molecule has 0 aromatic carbocycles. The van der Waals surface area contributed by atoms with Gasteiger partial charge in [-0.2, -0.15) is 0 Å². The van der Waals surface area contributed by atoms with Gasteiger partial charge in [0.15, 0.2) is 0 Å². The van der Waals surface area contributed by atoms with Crippen molar-refractivity contribution in [2.75, 3.05) is 18.0 Å². The molecule has 1 aromatic rings. The zero-order valence-electron chi connectivity index (χ0n) is 9.89. The maximum Gasteiger partial charge on any atom is 0.143 e. The Bertz CT molecular complexity index is 431. The fourth-order valence-electron chi connectivity index (χ4n) is 3.29. The van der Waals surface area contributed by atoms with E-state index in [1.165, 1.54) is 19.3 Å². The number of hydrogen-bond donors (Lipinski definition) is 2. The first-order valence-electron chi connectivity index (χ1n) is 6.30. The summed E-state index contributed by atoms with van der Waals surface area (Å²) < 4.78 is 0. The zero-order chi connectivity index (χ0) is 11.8. The van der Waals surface area contributed by atoms with E-state index in [9.17, 15) is 0 Å². The maximum atomic E-state index is 7.59. The molecule has 17 heavy (non-hydrogen) atoms. The van der Waals surface area contributed by atoms with Crippen LogP contribution < -0.4 is 10.6 Å². The van der Waals surface area contributed by atoms with Gasteiger partial charge < -0.3 is 10.6 Å². The third-order valence-electron chi connectivity index (χ3n) is 4.11. The van der Waals surface area contributed by atoms with Crippen molar-refractivity contribution in [3.8, 4) is 0 Å². The SMILES string of the molecule is N=C(N)c1ncccc1N1CC2CCCC2C1. The van der Waals surface area contributed by atoms with Gasteiger partial charge in [-0.3, -0.25) is 10.4 Å². The fraction of sp³-hybridized carbons (Fsp3) is 0.538. The standard InChI is InChI=1S/C13H18N4/c14-13(15)12-11(5-2-6-16-12)17-7-9-3-1-4-10(9)8-17/h2,5-6,9-10H,1,3-4,7-8H2,(H3,14,15). The Morgan fingerprint density at radius 1 is 1.35 bits per heavy atom. The van der Waals surface area contributed by atoms with Crippen molar-refractivity contribution in [2.45, 2.75) is 19.3 Å². The number of aromatic nitrogens is 1. The minimum atomic E-state index is 0.0673. The summed E-state index contributed by atoms with van der Waals surface area (Å²) in [4.78, 5) is 6.58. The van der Waals surface area contributed by atoms with Crippen LogP contribution in [0.25, 0.3) is 0 Å². The van der Waals surface area contributed by atoms with E-state index in [1.54, 1.807) is 6.20 Å². The van der Waals surface area contributed by atoms with E-state index in [4.69, 9.17) is 11.1 Å². The molecule has 0 radical (unpaired) electrons. The molecule has 4 heteroatoms. The van der Waals surface area contributed by atoms with E-state index in [0.717, 1.165) is 30.6 Å². The second kappa shape index (κ2) is 4.02. The highest BCUT2D eigenvalue weighted by Crippen LogP contribution is 2.39. The lowest BCUT2D eigenvalue weighted by Gasteiger charge is -2.21. The van der Waals surface area contributed by atoms with Gasteiger partial charge in [-0.1, -0.05) is 6.42 Å². The molecular formula is C13H18N4. The summed E-state index contributed by atoms with van der Waals surface area (Å²) in [5.41, 5.74) is 7.26. The number of nitrogens with two attached hydrogens (primary N) is 1. The molecule has 3 rings (SSSR count). The average Bonchev–Trinajstić information content (AvgIpc) is 2.88. The second-order valence-electron chi connectivity index (χ2n) is 5.14. The molecule has 0 bridgehead atoms. The molecular weight excluding hydrogens is 212 g/mol. The quantitative estimate of drug-likeness (QED) is 0.599. The zero-order valence-corrected chi connectivity index (χ0v) is 9.89. The van der Waals surface area contributed by atoms with E-state index in [0.29, 0.717) is 5.69 Å². The first kappa shape index (κ1) is 10.6. The van der Waals surface area contributed by atoms with E-state index in [1.807, 2.05) is 12.1 Å². The van der Waals surface area contributed by atoms with Gasteiger partial charge in [0.1, 0.15) is 11.5 Å². The number of fused-ring (bicyclic) bond motifs is 1. The summed E-state index contributed by atoms with van der Waals surface area (Å²) in [6.07, 6.45) is 5.81. The van der Waals surface area contributed by atoms with Crippen LogP contribution >= 0.6 is 0 Å². The van der Waals surface area contributed by atoms with Crippen molar-refractivity contribution in [2.24, 2.45) is 17.6 Å². The summed E-state index contributed by atoms with van der Waals surface area (Å²) in [5.74, 6) is 1.75. The number of anilines is 1. The number of nitrogen functional groups attached to an aromatic ring is 1. The molecule has 1 aliphatic heterocycles. The molecule has 2 aliphatic rings. The van der Waals surface area contributed by atoms with Crippen LogP contribution in [0, 0.1) is 17.2 Å². The number of nitrogens with one attached hydrogen (secondary N) is 1. The fourth-order valence-corrected chi connectivity index (χ4v) is 3.29. The summed E-state index contributed by atoms with van der Waals surface area (Å²) in [5, 5.41) is 7.59. The molecule has 2 unspecified atom stereocenters. The Morgan fingerprint density at radius 3 is 2.71 bits per heavy atom. The van der Waals surface area contributed by atoms with E-state index >= 15 is 0 Å². The van der Waals surface area contributed by atoms with Crippen molar-refractivity contribution >= 4 is 11.5 Å². The van der Waals surface area contributed by atoms with Crippen LogP contribution in [0.4, 0.5) is 5.69 Å². The molecule has 1 saturated carbocycles. The average molecular weight is 230 g/mol. The first-order valence-corrected chi connectivity index (χ1v) is 6.30. The monoisotopic (exact) mass is 230 g/mol. The molecule has 1 saturated heterocycles. The molecule has 90 valence electrons. The number of pyridine rings is 1. The van der Waals surface area contributed by atoms with Crippen LogP contribution in [0.15, 0.2) is 18.3 Å². The molecule has 4 nitrogen and oxygen atoms in total. The van der Waals surface area contributed by atoms with Crippen LogP contribution in [0.2, 0.25) is 0 Å². The van der Waals surface area contributed by atoms with Gasteiger partial charge in [0.25, 0.3) is 0 Å². The van der Waals surface area contributed by atoms with Crippen molar-refractivity contribution in [1.82, 2.24) is 4.98 Å². The van der Waals surface area contributed by atoms with E-state index < -0.39 is 0 Å². The smallest absolute Gasteiger partial charge is 0.143 e. The van der Waals surface area contributed by atoms with Crippen molar-refractivity contribution in [1.29, 1.82) is 5.41 Å². The molecule has 0 spiro atoms. The van der Waals surface area contributed by atoms with Crippen molar-refractivity contribution in [3.05, 3.63) is 24.0 Å². The van der Waals surface area contributed by atoms with Crippen molar-refractivity contribution < 1.29 is 0 Å². The minimum Gasteiger partial charge on any atom is -0.382 e. The van der Waals surface area contributed by atoms with Gasteiger partial charge in [0.05, 0.1) is 5.69 Å². The topological polar surface area (TPSA) is 66.0 Å². The Hall–Kier alpha value is -1.58. The minimum absolute atomic E-state index is 0.0673. The van der Waals surface area contributed by atoms with Gasteiger partial charge >= 0.3 is 0 Å². The number of amidine groups is 1. The van der Waals surface area contributed by atoms with E-state index in [-0.39, 0.29) is 5.84 Å². The van der Waals surface area contributed by atoms with Crippen LogP contribution in [0.1, 0.15) is 25.0 Å². The van der Waals surface area contributed by atoms with Crippen LogP contribution in [-0.4, -0.2) is 23.9 Å². The molecule has 1 aromatic heterocycles. The summed E-state index contributed by atoms with van der Waals surface area (Å²) in [7, 11) is 0. The number of nitrogens with zero attached hydrogens (tertiary/aromatic N) is 2. The molecule has 1 aliphatic carbocycles. The Morgan fingerprint density at radius 2 is 2.06 bits per heavy atom. The van der Waals surface area contributed by atoms with E-state index in [2.05, 4.69) is 9.88 Å². The number of hydrogen-bond acceptors (Lipinski definition) is 3. The lowest BCUT2D eigenvalue weighted by atomic mass is 10.0. The predicted molar refractivity (Wildman–Crippen MR) is 68.3 cm³/mol. The highest BCUT2D eigenvalue weighted by atomic mass is 15.2. The van der Waals surface area contributed by atoms with Crippen LogP contribution in [0.3, 0.4) is 0 Å². The molecule has 2 atom stereocenters. The summed E-state index contributed by atoms with van der Waals surface area (Å²) in [6, 6.07) is 3.96. The third-order valence-corrected chi connectivity index (χ3v) is 4.11. The lowest BCUT2D eigenvalue weighted by molar-refractivity contribution is 0.494. The highest BCUT2D eigenvalue weighted by Gasteiger charge is 2.36. The van der Waals surface area contributed by atoms with Gasteiger partial charge in [-0.25, -0.2) is 0 Å². The van der Waals surface area contributed by atoms with Gasteiger partial charge in [0, 0.05) is 19.3 Å². The largest absolute Gasteiger partial charge is 0.382 e.